The van der Waals surface area contributed by atoms with Gasteiger partial charge in [0.15, 0.2) is 4.67 Å². The van der Waals surface area contributed by atoms with Gasteiger partial charge in [0.2, 0.25) is 10.0 Å². The van der Waals surface area contributed by atoms with Gasteiger partial charge in [-0.1, -0.05) is 0 Å². The summed E-state index contributed by atoms with van der Waals surface area (Å²) in [6.07, 6.45) is 1.63. The molecule has 0 atom stereocenters. The molecule has 0 spiro atoms. The van der Waals surface area contributed by atoms with Crippen molar-refractivity contribution in [1.82, 2.24) is 9.21 Å². The fraction of sp³-hybridized carbons (Fsp3) is 0.667. The van der Waals surface area contributed by atoms with E-state index in [1.54, 1.807) is 7.05 Å². The minimum atomic E-state index is -3.61. The summed E-state index contributed by atoms with van der Waals surface area (Å²) < 4.78 is 31.9. The molecule has 0 saturated carbocycles. The summed E-state index contributed by atoms with van der Waals surface area (Å²) in [5, 5.41) is 9.03. The van der Waals surface area contributed by atoms with E-state index in [2.05, 4.69) is 20.8 Å². The molecule has 20 heavy (non-hydrogen) atoms. The fourth-order valence-corrected chi connectivity index (χ4v) is 4.74. The highest BCUT2D eigenvalue weighted by Crippen LogP contribution is 2.30. The largest absolute Gasteiger partial charge is 0.450 e. The molecular formula is C12H19BrN2O4S. The molecule has 1 N–H and O–H groups in total. The number of furan rings is 1. The van der Waals surface area contributed by atoms with Crippen LogP contribution in [0.25, 0.3) is 0 Å². The number of nitrogens with zero attached hydrogens (tertiary/aromatic N) is 2. The number of sulfonamides is 1. The molecule has 2 heterocycles. The van der Waals surface area contributed by atoms with Crippen LogP contribution >= 0.6 is 15.9 Å². The molecule has 2 rings (SSSR count). The molecule has 6 nitrogen and oxygen atoms in total. The van der Waals surface area contributed by atoms with Crippen LogP contribution in [0.5, 0.6) is 0 Å². The van der Waals surface area contributed by atoms with Crippen molar-refractivity contribution in [2.24, 2.45) is 0 Å². The lowest BCUT2D eigenvalue weighted by atomic mass is 10.1. The van der Waals surface area contributed by atoms with Crippen LogP contribution in [0.1, 0.15) is 18.6 Å². The first-order valence-corrected chi connectivity index (χ1v) is 8.65. The molecule has 1 aromatic heterocycles. The fourth-order valence-electron chi connectivity index (χ4n) is 2.36. The molecule has 1 aliphatic rings. The van der Waals surface area contributed by atoms with E-state index in [0.717, 1.165) is 25.9 Å². The van der Waals surface area contributed by atoms with Crippen LogP contribution in [0.15, 0.2) is 20.0 Å². The van der Waals surface area contributed by atoms with Crippen LogP contribution in [-0.2, 0) is 16.6 Å². The lowest BCUT2D eigenvalue weighted by molar-refractivity contribution is 0.197. The van der Waals surface area contributed by atoms with Gasteiger partial charge in [0.25, 0.3) is 0 Å². The molecule has 0 aromatic carbocycles. The SMILES string of the molecule is CN1CCC(N(C)S(=O)(=O)c2cc(CO)oc2Br)CC1. The molecule has 0 aliphatic carbocycles. The molecule has 1 aromatic rings. The second-order valence-electron chi connectivity index (χ2n) is 5.06. The highest BCUT2D eigenvalue weighted by atomic mass is 79.9. The average Bonchev–Trinajstić information content (AvgIpc) is 2.81. The summed E-state index contributed by atoms with van der Waals surface area (Å²) in [5.74, 6) is 0.229. The van der Waals surface area contributed by atoms with Crippen molar-refractivity contribution in [3.63, 3.8) is 0 Å². The number of hydrogen-bond acceptors (Lipinski definition) is 5. The summed E-state index contributed by atoms with van der Waals surface area (Å²) in [5.41, 5.74) is 0. The number of hydrogen-bond donors (Lipinski definition) is 1. The molecule has 114 valence electrons. The molecule has 0 amide bonds. The van der Waals surface area contributed by atoms with E-state index in [9.17, 15) is 8.42 Å². The van der Waals surface area contributed by atoms with E-state index in [1.807, 2.05) is 7.05 Å². The number of rotatable bonds is 4. The second-order valence-corrected chi connectivity index (χ2v) is 7.75. The van der Waals surface area contributed by atoms with Crippen molar-refractivity contribution in [2.75, 3.05) is 27.2 Å². The predicted octanol–water partition coefficient (Wildman–Crippen LogP) is 1.25. The van der Waals surface area contributed by atoms with E-state index >= 15 is 0 Å². The van der Waals surface area contributed by atoms with Gasteiger partial charge in [0, 0.05) is 19.2 Å². The normalized spacial score (nSPS) is 18.9. The first kappa shape index (κ1) is 16.0. The van der Waals surface area contributed by atoms with Gasteiger partial charge >= 0.3 is 0 Å². The Balaban J connectivity index is 2.22. The Hall–Kier alpha value is -0.410. The monoisotopic (exact) mass is 366 g/mol. The Morgan fingerprint density at radius 1 is 1.50 bits per heavy atom. The molecule has 1 aliphatic heterocycles. The maximum atomic E-state index is 12.6. The van der Waals surface area contributed by atoms with E-state index in [1.165, 1.54) is 10.4 Å². The van der Waals surface area contributed by atoms with Gasteiger partial charge in [-0.15, -0.1) is 0 Å². The molecule has 0 unspecified atom stereocenters. The molecule has 0 radical (unpaired) electrons. The van der Waals surface area contributed by atoms with Gasteiger partial charge in [-0.25, -0.2) is 8.42 Å². The highest BCUT2D eigenvalue weighted by molar-refractivity contribution is 9.10. The van der Waals surface area contributed by atoms with Crippen molar-refractivity contribution in [2.45, 2.75) is 30.4 Å². The highest BCUT2D eigenvalue weighted by Gasteiger charge is 2.33. The van der Waals surface area contributed by atoms with E-state index in [0.29, 0.717) is 0 Å². The van der Waals surface area contributed by atoms with Crippen molar-refractivity contribution in [3.05, 3.63) is 16.5 Å². The zero-order valence-corrected chi connectivity index (χ0v) is 13.9. The average molecular weight is 367 g/mol. The van der Waals surface area contributed by atoms with Crippen molar-refractivity contribution >= 4 is 26.0 Å². The molecule has 1 fully saturated rings. The van der Waals surface area contributed by atoms with E-state index in [-0.39, 0.29) is 28.0 Å². The lowest BCUT2D eigenvalue weighted by Gasteiger charge is -2.34. The minimum absolute atomic E-state index is 0.00410. The molecule has 8 heteroatoms. The molecule has 0 bridgehead atoms. The van der Waals surface area contributed by atoms with Gasteiger partial charge in [-0.2, -0.15) is 4.31 Å². The second kappa shape index (κ2) is 6.15. The first-order chi connectivity index (χ1) is 9.36. The smallest absolute Gasteiger partial charge is 0.247 e. The molecule has 1 saturated heterocycles. The number of likely N-dealkylation sites (tertiary alicyclic amines) is 1. The van der Waals surface area contributed by atoms with Crippen LogP contribution in [0.4, 0.5) is 0 Å². The van der Waals surface area contributed by atoms with Crippen LogP contribution in [0.2, 0.25) is 0 Å². The van der Waals surface area contributed by atoms with Crippen molar-refractivity contribution < 1.29 is 17.9 Å². The van der Waals surface area contributed by atoms with Gasteiger partial charge in [0.1, 0.15) is 17.3 Å². The van der Waals surface area contributed by atoms with Crippen LogP contribution in [0.3, 0.4) is 0 Å². The van der Waals surface area contributed by atoms with Crippen LogP contribution in [0, 0.1) is 0 Å². The first-order valence-electron chi connectivity index (χ1n) is 6.42. The predicted molar refractivity (Wildman–Crippen MR) is 77.8 cm³/mol. The molecular weight excluding hydrogens is 348 g/mol. The zero-order valence-electron chi connectivity index (χ0n) is 11.5. The number of halogens is 1. The Bertz CT molecular complexity index is 564. The summed E-state index contributed by atoms with van der Waals surface area (Å²) >= 11 is 3.10. The standard InChI is InChI=1S/C12H19BrN2O4S/c1-14-5-3-9(4-6-14)15(2)20(17,18)11-7-10(8-16)19-12(11)13/h7,9,16H,3-6,8H2,1-2H3. The van der Waals surface area contributed by atoms with E-state index in [4.69, 9.17) is 9.52 Å². The van der Waals surface area contributed by atoms with Crippen LogP contribution in [-0.4, -0.2) is 56.0 Å². The number of piperidine rings is 1. The minimum Gasteiger partial charge on any atom is -0.450 e. The maximum Gasteiger partial charge on any atom is 0.247 e. The van der Waals surface area contributed by atoms with Gasteiger partial charge in [-0.05, 0) is 48.9 Å². The quantitative estimate of drug-likeness (QED) is 0.867. The van der Waals surface area contributed by atoms with Crippen LogP contribution < -0.4 is 0 Å². The maximum absolute atomic E-state index is 12.6. The Labute approximate surface area is 127 Å². The van der Waals surface area contributed by atoms with Crippen molar-refractivity contribution in [3.8, 4) is 0 Å². The third kappa shape index (κ3) is 3.09. The Morgan fingerprint density at radius 3 is 2.60 bits per heavy atom. The van der Waals surface area contributed by atoms with Gasteiger partial charge in [0.05, 0.1) is 0 Å². The lowest BCUT2D eigenvalue weighted by Crippen LogP contribution is -2.44. The van der Waals surface area contributed by atoms with E-state index < -0.39 is 10.0 Å². The summed E-state index contributed by atoms with van der Waals surface area (Å²) in [4.78, 5) is 2.26. The zero-order chi connectivity index (χ0) is 14.9. The van der Waals surface area contributed by atoms with Gasteiger partial charge < -0.3 is 14.4 Å². The summed E-state index contributed by atoms with van der Waals surface area (Å²) in [7, 11) is 0.0203. The summed E-state index contributed by atoms with van der Waals surface area (Å²) in [6.45, 7) is 1.45. The third-order valence-electron chi connectivity index (χ3n) is 3.72. The van der Waals surface area contributed by atoms with Gasteiger partial charge in [-0.3, -0.25) is 0 Å². The third-order valence-corrected chi connectivity index (χ3v) is 6.49. The number of aliphatic hydroxyl groups excluding tert-OH is 1. The Morgan fingerprint density at radius 2 is 2.10 bits per heavy atom. The number of aliphatic hydroxyl groups is 1. The summed E-state index contributed by atoms with van der Waals surface area (Å²) in [6, 6.07) is 1.36. The topological polar surface area (TPSA) is 74.0 Å². The Kier molecular flexibility index (Phi) is 4.91. The van der Waals surface area contributed by atoms with Crippen molar-refractivity contribution in [1.29, 1.82) is 0 Å².